The van der Waals surface area contributed by atoms with Gasteiger partial charge in [0.05, 0.1) is 12.1 Å². The van der Waals surface area contributed by atoms with Crippen LogP contribution in [0.3, 0.4) is 0 Å². The number of sulfonamides is 1. The van der Waals surface area contributed by atoms with Crippen LogP contribution in [0, 0.1) is 5.82 Å². The van der Waals surface area contributed by atoms with E-state index >= 15 is 0 Å². The van der Waals surface area contributed by atoms with E-state index in [4.69, 9.17) is 27.9 Å². The van der Waals surface area contributed by atoms with Crippen molar-refractivity contribution in [1.29, 1.82) is 0 Å². The predicted octanol–water partition coefficient (Wildman–Crippen LogP) is 2.73. The average Bonchev–Trinajstić information content (AvgIpc) is 2.36. The summed E-state index contributed by atoms with van der Waals surface area (Å²) < 4.78 is 44.2. The van der Waals surface area contributed by atoms with Gasteiger partial charge < -0.3 is 4.74 Å². The molecule has 0 spiro atoms. The van der Waals surface area contributed by atoms with E-state index in [0.29, 0.717) is 0 Å². The van der Waals surface area contributed by atoms with Crippen LogP contribution in [0.4, 0.5) is 10.3 Å². The molecule has 0 atom stereocenters. The summed E-state index contributed by atoms with van der Waals surface area (Å²) in [6.07, 6.45) is 0. The molecule has 1 aromatic carbocycles. The van der Waals surface area contributed by atoms with Crippen molar-refractivity contribution < 1.29 is 17.5 Å². The zero-order valence-corrected chi connectivity index (χ0v) is 12.8. The molecular weight excluding hydrogens is 344 g/mol. The summed E-state index contributed by atoms with van der Waals surface area (Å²) in [5, 5.41) is -0.277. The van der Waals surface area contributed by atoms with E-state index in [-0.39, 0.29) is 26.9 Å². The number of nitrogens with one attached hydrogen (secondary N) is 1. The second-order valence-electron chi connectivity index (χ2n) is 3.74. The third-order valence-corrected chi connectivity index (χ3v) is 4.29. The molecule has 0 aliphatic carbocycles. The number of nitrogens with zero attached hydrogens (tertiary/aromatic N) is 2. The number of rotatable bonds is 4. The van der Waals surface area contributed by atoms with Gasteiger partial charge in [-0.2, -0.15) is 4.98 Å². The molecule has 2 aromatic rings. The monoisotopic (exact) mass is 351 g/mol. The first kappa shape index (κ1) is 15.7. The zero-order chi connectivity index (χ0) is 15.6. The second-order valence-corrected chi connectivity index (χ2v) is 6.18. The highest BCUT2D eigenvalue weighted by Gasteiger charge is 2.20. The van der Waals surface area contributed by atoms with Gasteiger partial charge in [0.25, 0.3) is 10.0 Å². The topological polar surface area (TPSA) is 81.2 Å². The molecule has 1 N–H and O–H groups in total. The number of hydrogen-bond donors (Lipinski definition) is 1. The van der Waals surface area contributed by atoms with Gasteiger partial charge in [-0.3, -0.25) is 0 Å². The molecule has 0 saturated carbocycles. The van der Waals surface area contributed by atoms with Gasteiger partial charge in [-0.1, -0.05) is 23.2 Å². The van der Waals surface area contributed by atoms with Gasteiger partial charge >= 0.3 is 0 Å². The molecule has 0 radical (unpaired) electrons. The minimum atomic E-state index is -4.09. The number of ether oxygens (including phenoxy) is 1. The Morgan fingerprint density at radius 2 is 1.95 bits per heavy atom. The Bertz CT molecular complexity index is 786. The molecule has 10 heteroatoms. The van der Waals surface area contributed by atoms with Gasteiger partial charge in [0.2, 0.25) is 11.8 Å². The average molecular weight is 352 g/mol. The highest BCUT2D eigenvalue weighted by molar-refractivity contribution is 7.92. The molecule has 0 amide bonds. The predicted molar refractivity (Wildman–Crippen MR) is 75.8 cm³/mol. The lowest BCUT2D eigenvalue weighted by Crippen LogP contribution is -2.16. The maximum absolute atomic E-state index is 13.0. The quantitative estimate of drug-likeness (QED) is 0.856. The lowest BCUT2D eigenvalue weighted by atomic mass is 10.3. The SMILES string of the molecule is COc1cc(Cl)nc(NS(=O)(=O)c2ccc(F)cc2Cl)n1. The molecule has 0 bridgehead atoms. The number of anilines is 1. The first-order chi connectivity index (χ1) is 9.81. The molecule has 2 rings (SSSR count). The van der Waals surface area contributed by atoms with Crippen molar-refractivity contribution in [3.05, 3.63) is 40.3 Å². The van der Waals surface area contributed by atoms with Gasteiger partial charge in [0.1, 0.15) is 15.9 Å². The van der Waals surface area contributed by atoms with Crippen molar-refractivity contribution in [2.24, 2.45) is 0 Å². The smallest absolute Gasteiger partial charge is 0.265 e. The minimum Gasteiger partial charge on any atom is -0.481 e. The Morgan fingerprint density at radius 3 is 2.57 bits per heavy atom. The molecule has 21 heavy (non-hydrogen) atoms. The summed E-state index contributed by atoms with van der Waals surface area (Å²) in [6, 6.07) is 4.20. The standard InChI is InChI=1S/C11H8Cl2FN3O3S/c1-20-10-5-9(13)15-11(16-10)17-21(18,19)8-3-2-6(14)4-7(8)12/h2-5H,1H3,(H,15,16,17). The fourth-order valence-corrected chi connectivity index (χ4v) is 3.07. The van der Waals surface area contributed by atoms with Crippen molar-refractivity contribution in [2.45, 2.75) is 4.90 Å². The van der Waals surface area contributed by atoms with Crippen molar-refractivity contribution >= 4 is 39.2 Å². The lowest BCUT2D eigenvalue weighted by molar-refractivity contribution is 0.397. The van der Waals surface area contributed by atoms with Crippen LogP contribution in [0.1, 0.15) is 0 Å². The number of halogens is 3. The van der Waals surface area contributed by atoms with Crippen LogP contribution in [0.2, 0.25) is 10.2 Å². The third kappa shape index (κ3) is 3.72. The molecule has 112 valence electrons. The molecule has 1 heterocycles. The Labute approximate surface area is 129 Å². The summed E-state index contributed by atoms with van der Waals surface area (Å²) in [7, 11) is -2.75. The number of methoxy groups -OCH3 is 1. The first-order valence-corrected chi connectivity index (χ1v) is 7.62. The maximum Gasteiger partial charge on any atom is 0.265 e. The van der Waals surface area contributed by atoms with E-state index < -0.39 is 15.8 Å². The molecule has 6 nitrogen and oxygen atoms in total. The molecule has 0 saturated heterocycles. The Morgan fingerprint density at radius 1 is 1.24 bits per heavy atom. The van der Waals surface area contributed by atoms with E-state index in [1.54, 1.807) is 0 Å². The van der Waals surface area contributed by atoms with Crippen LogP contribution in [0.15, 0.2) is 29.2 Å². The zero-order valence-electron chi connectivity index (χ0n) is 10.5. The van der Waals surface area contributed by atoms with E-state index in [9.17, 15) is 12.8 Å². The molecule has 0 fully saturated rings. The summed E-state index contributed by atoms with van der Waals surface area (Å²) in [5.41, 5.74) is 0. The Kier molecular flexibility index (Phi) is 4.50. The van der Waals surface area contributed by atoms with Crippen LogP contribution in [0.25, 0.3) is 0 Å². The third-order valence-electron chi connectivity index (χ3n) is 2.29. The normalized spacial score (nSPS) is 11.2. The van der Waals surface area contributed by atoms with Crippen molar-refractivity contribution in [3.8, 4) is 5.88 Å². The van der Waals surface area contributed by atoms with E-state index in [1.807, 2.05) is 0 Å². The van der Waals surface area contributed by atoms with Gasteiger partial charge in [-0.05, 0) is 18.2 Å². The highest BCUT2D eigenvalue weighted by atomic mass is 35.5. The van der Waals surface area contributed by atoms with Crippen LogP contribution in [0.5, 0.6) is 5.88 Å². The second kappa shape index (κ2) is 6.00. The molecule has 0 aliphatic heterocycles. The van der Waals surface area contributed by atoms with Crippen LogP contribution in [-0.4, -0.2) is 25.5 Å². The molecule has 0 unspecified atom stereocenters. The van der Waals surface area contributed by atoms with Gasteiger partial charge in [0.15, 0.2) is 0 Å². The Balaban J connectivity index is 2.39. The van der Waals surface area contributed by atoms with Crippen LogP contribution in [-0.2, 0) is 10.0 Å². The van der Waals surface area contributed by atoms with Crippen molar-refractivity contribution in [3.63, 3.8) is 0 Å². The van der Waals surface area contributed by atoms with Crippen molar-refractivity contribution in [1.82, 2.24) is 9.97 Å². The summed E-state index contributed by atoms with van der Waals surface area (Å²) in [6.45, 7) is 0. The first-order valence-electron chi connectivity index (χ1n) is 5.38. The summed E-state index contributed by atoms with van der Waals surface area (Å²) in [4.78, 5) is 7.18. The summed E-state index contributed by atoms with van der Waals surface area (Å²) >= 11 is 11.4. The largest absolute Gasteiger partial charge is 0.481 e. The Hall–Kier alpha value is -1.64. The number of benzene rings is 1. The van der Waals surface area contributed by atoms with E-state index in [1.165, 1.54) is 13.2 Å². The summed E-state index contributed by atoms with van der Waals surface area (Å²) in [5.74, 6) is -0.864. The molecular formula is C11H8Cl2FN3O3S. The van der Waals surface area contributed by atoms with Crippen LogP contribution < -0.4 is 9.46 Å². The van der Waals surface area contributed by atoms with E-state index in [0.717, 1.165) is 18.2 Å². The minimum absolute atomic E-state index is 0.00949. The van der Waals surface area contributed by atoms with Gasteiger partial charge in [-0.25, -0.2) is 22.5 Å². The number of aromatic nitrogens is 2. The molecule has 0 aliphatic rings. The van der Waals surface area contributed by atoms with Gasteiger partial charge in [0, 0.05) is 6.07 Å². The van der Waals surface area contributed by atoms with Gasteiger partial charge in [-0.15, -0.1) is 0 Å². The fourth-order valence-electron chi connectivity index (χ4n) is 1.42. The lowest BCUT2D eigenvalue weighted by Gasteiger charge is -2.09. The number of hydrogen-bond acceptors (Lipinski definition) is 5. The van der Waals surface area contributed by atoms with E-state index in [2.05, 4.69) is 14.7 Å². The fraction of sp³-hybridized carbons (Fsp3) is 0.0909. The maximum atomic E-state index is 13.0. The molecule has 1 aromatic heterocycles. The highest BCUT2D eigenvalue weighted by Crippen LogP contribution is 2.24. The van der Waals surface area contributed by atoms with Crippen LogP contribution >= 0.6 is 23.2 Å². The van der Waals surface area contributed by atoms with Crippen molar-refractivity contribution in [2.75, 3.05) is 11.8 Å².